The van der Waals surface area contributed by atoms with E-state index in [1.165, 1.54) is 7.11 Å². The lowest BCUT2D eigenvalue weighted by Crippen LogP contribution is -2.49. The molecule has 2 aliphatic heterocycles. The maximum Gasteiger partial charge on any atom is 0.258 e. The summed E-state index contributed by atoms with van der Waals surface area (Å²) in [6, 6.07) is 4.50. The van der Waals surface area contributed by atoms with Gasteiger partial charge in [0.2, 0.25) is 17.7 Å². The number of ether oxygens (including phenoxy) is 2. The number of methoxy groups -OCH3 is 1. The fourth-order valence-corrected chi connectivity index (χ4v) is 5.03. The van der Waals surface area contributed by atoms with E-state index >= 15 is 0 Å². The maximum absolute atomic E-state index is 13.2. The standard InChI is InChI=1S/C29H45N5O6/c1-21-28(37)33(2)16-6-7-17-34(29(38)23-9-4-5-14-30-23)18-8-15-31-26(35)13-11-22-10-12-24(39-3)25(19-22)40-20-27(36)32-21/h10,12,19,21,23,30H,4-9,11,13-18,20H2,1-3H3,(H,31,35)(H,32,36)/t21-,23-/m0/s1. The lowest BCUT2D eigenvalue weighted by atomic mass is 10.0. The van der Waals surface area contributed by atoms with E-state index in [0.29, 0.717) is 56.9 Å². The van der Waals surface area contributed by atoms with E-state index in [1.54, 1.807) is 31.0 Å². The van der Waals surface area contributed by atoms with Gasteiger partial charge in [0.25, 0.3) is 5.91 Å². The first-order chi connectivity index (χ1) is 19.3. The highest BCUT2D eigenvalue weighted by atomic mass is 16.5. The van der Waals surface area contributed by atoms with E-state index in [1.807, 2.05) is 11.0 Å². The number of rotatable bonds is 2. The molecule has 0 saturated carbocycles. The Morgan fingerprint density at radius 3 is 2.50 bits per heavy atom. The molecule has 3 rings (SSSR count). The van der Waals surface area contributed by atoms with Crippen LogP contribution in [0.3, 0.4) is 0 Å². The number of hydrogen-bond donors (Lipinski definition) is 3. The molecule has 40 heavy (non-hydrogen) atoms. The van der Waals surface area contributed by atoms with Gasteiger partial charge in [-0.15, -0.1) is 0 Å². The van der Waals surface area contributed by atoms with Crippen LogP contribution in [0.1, 0.15) is 57.4 Å². The van der Waals surface area contributed by atoms with E-state index in [9.17, 15) is 19.2 Å². The molecule has 2 heterocycles. The molecular weight excluding hydrogens is 514 g/mol. The van der Waals surface area contributed by atoms with Crippen LogP contribution in [0.25, 0.3) is 0 Å². The van der Waals surface area contributed by atoms with Crippen molar-refractivity contribution in [1.29, 1.82) is 0 Å². The number of hydrogen-bond acceptors (Lipinski definition) is 7. The highest BCUT2D eigenvalue weighted by Gasteiger charge is 2.26. The fraction of sp³-hybridized carbons (Fsp3) is 0.655. The van der Waals surface area contributed by atoms with Gasteiger partial charge in [0.1, 0.15) is 6.04 Å². The maximum atomic E-state index is 13.2. The Morgan fingerprint density at radius 2 is 1.75 bits per heavy atom. The molecule has 3 N–H and O–H groups in total. The molecule has 0 unspecified atom stereocenters. The molecule has 0 spiro atoms. The zero-order chi connectivity index (χ0) is 28.9. The number of fused-ring (bicyclic) bond motifs is 2. The van der Waals surface area contributed by atoms with Gasteiger partial charge in [-0.1, -0.05) is 12.5 Å². The van der Waals surface area contributed by atoms with Crippen molar-refractivity contribution < 1.29 is 28.7 Å². The molecule has 4 amide bonds. The summed E-state index contributed by atoms with van der Waals surface area (Å²) in [6.07, 6.45) is 5.89. The largest absolute Gasteiger partial charge is 0.493 e. The molecule has 0 radical (unpaired) electrons. The third-order valence-electron chi connectivity index (χ3n) is 7.37. The zero-order valence-electron chi connectivity index (χ0n) is 24.1. The van der Waals surface area contributed by atoms with Crippen LogP contribution in [0.2, 0.25) is 0 Å². The second-order valence-electron chi connectivity index (χ2n) is 10.6. The zero-order valence-corrected chi connectivity index (χ0v) is 24.1. The molecule has 0 aromatic heterocycles. The first-order valence-corrected chi connectivity index (χ1v) is 14.4. The number of aryl methyl sites for hydroxylation is 1. The van der Waals surface area contributed by atoms with Crippen molar-refractivity contribution in [2.45, 2.75) is 70.4 Å². The number of piperidine rings is 1. The summed E-state index contributed by atoms with van der Waals surface area (Å²) < 4.78 is 11.1. The van der Waals surface area contributed by atoms with E-state index in [2.05, 4.69) is 16.0 Å². The van der Waals surface area contributed by atoms with Gasteiger partial charge in [0.05, 0.1) is 13.2 Å². The average Bonchev–Trinajstić information content (AvgIpc) is 2.97. The van der Waals surface area contributed by atoms with Crippen molar-refractivity contribution >= 4 is 23.6 Å². The van der Waals surface area contributed by atoms with Crippen LogP contribution in [0.5, 0.6) is 11.5 Å². The van der Waals surface area contributed by atoms with E-state index in [0.717, 1.165) is 44.2 Å². The minimum absolute atomic E-state index is 0.0617. The Bertz CT molecular complexity index is 1010. The topological polar surface area (TPSA) is 129 Å². The van der Waals surface area contributed by atoms with Crippen molar-refractivity contribution in [1.82, 2.24) is 25.8 Å². The number of benzene rings is 1. The van der Waals surface area contributed by atoms with Gasteiger partial charge in [-0.2, -0.15) is 0 Å². The third kappa shape index (κ3) is 9.69. The molecule has 222 valence electrons. The molecule has 11 nitrogen and oxygen atoms in total. The molecule has 2 bridgehead atoms. The first-order valence-electron chi connectivity index (χ1n) is 14.4. The second kappa shape index (κ2) is 16.1. The lowest BCUT2D eigenvalue weighted by molar-refractivity contribution is -0.135. The monoisotopic (exact) mass is 559 g/mol. The van der Waals surface area contributed by atoms with Crippen molar-refractivity contribution in [2.24, 2.45) is 0 Å². The van der Waals surface area contributed by atoms with Gasteiger partial charge in [0, 0.05) is 39.6 Å². The molecule has 2 atom stereocenters. The Morgan fingerprint density at radius 1 is 0.975 bits per heavy atom. The summed E-state index contributed by atoms with van der Waals surface area (Å²) in [4.78, 5) is 54.6. The number of amides is 4. The van der Waals surface area contributed by atoms with E-state index in [-0.39, 0.29) is 30.4 Å². The minimum Gasteiger partial charge on any atom is -0.493 e. The molecular formula is C29H45N5O6. The smallest absolute Gasteiger partial charge is 0.258 e. The van der Waals surface area contributed by atoms with E-state index in [4.69, 9.17) is 9.47 Å². The predicted octanol–water partition coefficient (Wildman–Crippen LogP) is 1.24. The Hall–Kier alpha value is -3.34. The number of carbonyl (C=O) groups excluding carboxylic acids is 4. The summed E-state index contributed by atoms with van der Waals surface area (Å²) >= 11 is 0. The first kappa shape index (κ1) is 31.2. The van der Waals surface area contributed by atoms with Crippen molar-refractivity contribution in [3.05, 3.63) is 23.8 Å². The SMILES string of the molecule is COc1ccc2cc1OCC(=O)N[C@@H](C)C(=O)N(C)CCCCN(C(=O)[C@@H]1CCCCN1)CCCNC(=O)CC2. The van der Waals surface area contributed by atoms with Crippen LogP contribution >= 0.6 is 0 Å². The summed E-state index contributed by atoms with van der Waals surface area (Å²) in [7, 11) is 3.23. The average molecular weight is 560 g/mol. The molecule has 11 heteroatoms. The molecule has 2 aliphatic rings. The van der Waals surface area contributed by atoms with Gasteiger partial charge in [-0.3, -0.25) is 19.2 Å². The van der Waals surface area contributed by atoms with Gasteiger partial charge in [-0.25, -0.2) is 0 Å². The molecule has 1 saturated heterocycles. The highest BCUT2D eigenvalue weighted by Crippen LogP contribution is 2.28. The van der Waals surface area contributed by atoms with Crippen LogP contribution in [0.15, 0.2) is 18.2 Å². The van der Waals surface area contributed by atoms with Crippen molar-refractivity contribution in [3.8, 4) is 11.5 Å². The van der Waals surface area contributed by atoms with Gasteiger partial charge < -0.3 is 35.2 Å². The Balaban J connectivity index is 1.68. The lowest BCUT2D eigenvalue weighted by Gasteiger charge is -2.30. The summed E-state index contributed by atoms with van der Waals surface area (Å²) in [6.45, 7) is 4.39. The number of likely N-dealkylation sites (N-methyl/N-ethyl adjacent to an activating group) is 1. The van der Waals surface area contributed by atoms with Crippen LogP contribution in [0, 0.1) is 0 Å². The van der Waals surface area contributed by atoms with Gasteiger partial charge in [-0.05, 0) is 69.7 Å². The van der Waals surface area contributed by atoms with Crippen LogP contribution in [-0.2, 0) is 25.6 Å². The van der Waals surface area contributed by atoms with Crippen molar-refractivity contribution in [3.63, 3.8) is 0 Å². The fourth-order valence-electron chi connectivity index (χ4n) is 5.03. The number of nitrogens with zero attached hydrogens (tertiary/aromatic N) is 2. The Kier molecular flexibility index (Phi) is 12.5. The molecule has 1 aromatic carbocycles. The van der Waals surface area contributed by atoms with Gasteiger partial charge in [0.15, 0.2) is 18.1 Å². The highest BCUT2D eigenvalue weighted by molar-refractivity contribution is 5.87. The van der Waals surface area contributed by atoms with Crippen LogP contribution < -0.4 is 25.4 Å². The number of carbonyl (C=O) groups is 4. The van der Waals surface area contributed by atoms with Crippen LogP contribution in [0.4, 0.5) is 0 Å². The van der Waals surface area contributed by atoms with Crippen molar-refractivity contribution in [2.75, 3.05) is 53.5 Å². The Labute approximate surface area is 237 Å². The van der Waals surface area contributed by atoms with Crippen LogP contribution in [-0.4, -0.2) is 99.0 Å². The summed E-state index contributed by atoms with van der Waals surface area (Å²) in [5, 5.41) is 9.01. The van der Waals surface area contributed by atoms with E-state index < -0.39 is 11.9 Å². The minimum atomic E-state index is -0.707. The normalized spacial score (nSPS) is 23.1. The third-order valence-corrected chi connectivity index (χ3v) is 7.37. The number of nitrogens with one attached hydrogen (secondary N) is 3. The molecule has 1 fully saturated rings. The molecule has 1 aromatic rings. The quantitative estimate of drug-likeness (QED) is 0.497. The second-order valence-corrected chi connectivity index (χ2v) is 10.6. The van der Waals surface area contributed by atoms with Gasteiger partial charge >= 0.3 is 0 Å². The summed E-state index contributed by atoms with van der Waals surface area (Å²) in [5.74, 6) is 0.304. The summed E-state index contributed by atoms with van der Waals surface area (Å²) in [5.41, 5.74) is 0.871. The predicted molar refractivity (Wildman–Crippen MR) is 151 cm³/mol. The molecule has 0 aliphatic carbocycles.